The third-order valence-corrected chi connectivity index (χ3v) is 5.08. The fraction of sp³-hybridized carbons (Fsp3) is 0.174. The SMILES string of the molecule is COc1ccc(C2(C(=O)Nc3ccc(-c4ccccc4)cc3)CC2)cc1. The van der Waals surface area contributed by atoms with Crippen molar-refractivity contribution in [3.63, 3.8) is 0 Å². The summed E-state index contributed by atoms with van der Waals surface area (Å²) in [5.74, 6) is 0.872. The maximum atomic E-state index is 12.9. The molecular formula is C23H21NO2. The van der Waals surface area contributed by atoms with Crippen LogP contribution >= 0.6 is 0 Å². The molecule has 0 spiro atoms. The van der Waals surface area contributed by atoms with Crippen molar-refractivity contribution >= 4 is 11.6 Å². The lowest BCUT2D eigenvalue weighted by Gasteiger charge is -2.16. The Balaban J connectivity index is 1.49. The molecule has 0 bridgehead atoms. The highest BCUT2D eigenvalue weighted by molar-refractivity contribution is 6.01. The van der Waals surface area contributed by atoms with E-state index in [1.807, 2.05) is 66.7 Å². The van der Waals surface area contributed by atoms with Crippen molar-refractivity contribution in [2.75, 3.05) is 12.4 Å². The second kappa shape index (κ2) is 6.68. The number of methoxy groups -OCH3 is 1. The van der Waals surface area contributed by atoms with Crippen LogP contribution in [0.4, 0.5) is 5.69 Å². The highest BCUT2D eigenvalue weighted by Gasteiger charge is 2.51. The van der Waals surface area contributed by atoms with Crippen LogP contribution in [0.25, 0.3) is 11.1 Å². The fourth-order valence-corrected chi connectivity index (χ4v) is 3.31. The molecule has 130 valence electrons. The van der Waals surface area contributed by atoms with E-state index in [9.17, 15) is 4.79 Å². The van der Waals surface area contributed by atoms with Crippen molar-refractivity contribution < 1.29 is 9.53 Å². The zero-order chi connectivity index (χ0) is 18.0. The van der Waals surface area contributed by atoms with Crippen LogP contribution in [-0.2, 0) is 10.2 Å². The second-order valence-electron chi connectivity index (χ2n) is 6.71. The average Bonchev–Trinajstić information content (AvgIpc) is 3.51. The lowest BCUT2D eigenvalue weighted by molar-refractivity contribution is -0.118. The summed E-state index contributed by atoms with van der Waals surface area (Å²) in [5, 5.41) is 3.08. The van der Waals surface area contributed by atoms with E-state index in [-0.39, 0.29) is 5.91 Å². The van der Waals surface area contributed by atoms with Gasteiger partial charge in [0, 0.05) is 5.69 Å². The van der Waals surface area contributed by atoms with E-state index >= 15 is 0 Å². The van der Waals surface area contributed by atoms with Gasteiger partial charge in [0.2, 0.25) is 5.91 Å². The van der Waals surface area contributed by atoms with Gasteiger partial charge in [0.15, 0.2) is 0 Å². The highest BCUT2D eigenvalue weighted by atomic mass is 16.5. The summed E-state index contributed by atoms with van der Waals surface area (Å²) < 4.78 is 5.21. The van der Waals surface area contributed by atoms with E-state index in [0.717, 1.165) is 35.4 Å². The Labute approximate surface area is 153 Å². The number of rotatable bonds is 5. The molecule has 1 saturated carbocycles. The molecule has 1 amide bonds. The van der Waals surface area contributed by atoms with E-state index in [4.69, 9.17) is 4.74 Å². The maximum absolute atomic E-state index is 12.9. The van der Waals surface area contributed by atoms with Gasteiger partial charge in [-0.15, -0.1) is 0 Å². The molecule has 26 heavy (non-hydrogen) atoms. The number of benzene rings is 3. The van der Waals surface area contributed by atoms with Crippen LogP contribution in [0.2, 0.25) is 0 Å². The second-order valence-corrected chi connectivity index (χ2v) is 6.71. The smallest absolute Gasteiger partial charge is 0.235 e. The number of carbonyl (C=O) groups excluding carboxylic acids is 1. The molecule has 1 fully saturated rings. The van der Waals surface area contributed by atoms with Crippen LogP contribution < -0.4 is 10.1 Å². The van der Waals surface area contributed by atoms with Crippen LogP contribution in [0.5, 0.6) is 5.75 Å². The minimum atomic E-state index is -0.398. The molecule has 1 aliphatic rings. The highest BCUT2D eigenvalue weighted by Crippen LogP contribution is 2.49. The van der Waals surface area contributed by atoms with Gasteiger partial charge in [-0.2, -0.15) is 0 Å². The summed E-state index contributed by atoms with van der Waals surface area (Å²) in [7, 11) is 1.65. The van der Waals surface area contributed by atoms with Gasteiger partial charge in [-0.3, -0.25) is 4.79 Å². The van der Waals surface area contributed by atoms with Gasteiger partial charge in [0.05, 0.1) is 12.5 Å². The van der Waals surface area contributed by atoms with Gasteiger partial charge < -0.3 is 10.1 Å². The molecule has 3 heteroatoms. The minimum absolute atomic E-state index is 0.0649. The Bertz CT molecular complexity index is 895. The molecule has 3 aromatic rings. The molecule has 0 radical (unpaired) electrons. The van der Waals surface area contributed by atoms with E-state index in [1.165, 1.54) is 5.56 Å². The number of amides is 1. The Hall–Kier alpha value is -3.07. The van der Waals surface area contributed by atoms with Gasteiger partial charge in [-0.1, -0.05) is 54.6 Å². The number of hydrogen-bond acceptors (Lipinski definition) is 2. The summed E-state index contributed by atoms with van der Waals surface area (Å²) in [5.41, 5.74) is 3.79. The predicted molar refractivity (Wildman–Crippen MR) is 104 cm³/mol. The molecule has 3 aromatic carbocycles. The van der Waals surface area contributed by atoms with Crippen molar-refractivity contribution in [1.29, 1.82) is 0 Å². The number of nitrogens with one attached hydrogen (secondary N) is 1. The molecule has 0 aromatic heterocycles. The first-order valence-corrected chi connectivity index (χ1v) is 8.83. The van der Waals surface area contributed by atoms with E-state index in [2.05, 4.69) is 17.4 Å². The largest absolute Gasteiger partial charge is 0.497 e. The van der Waals surface area contributed by atoms with Gasteiger partial charge in [-0.05, 0) is 53.8 Å². The summed E-state index contributed by atoms with van der Waals surface area (Å²) in [6.45, 7) is 0. The molecule has 3 nitrogen and oxygen atoms in total. The Morgan fingerprint density at radius 3 is 2.04 bits per heavy atom. The van der Waals surface area contributed by atoms with Crippen LogP contribution in [0.1, 0.15) is 18.4 Å². The molecule has 4 rings (SSSR count). The summed E-state index contributed by atoms with van der Waals surface area (Å²) >= 11 is 0. The molecular weight excluding hydrogens is 322 g/mol. The third kappa shape index (κ3) is 3.08. The van der Waals surface area contributed by atoms with E-state index in [0.29, 0.717) is 0 Å². The lowest BCUT2D eigenvalue weighted by atomic mass is 9.94. The molecule has 1 N–H and O–H groups in total. The van der Waals surface area contributed by atoms with Crippen molar-refractivity contribution in [3.8, 4) is 16.9 Å². The Morgan fingerprint density at radius 2 is 1.46 bits per heavy atom. The minimum Gasteiger partial charge on any atom is -0.497 e. The first-order chi connectivity index (χ1) is 12.7. The molecule has 0 aliphatic heterocycles. The van der Waals surface area contributed by atoms with Crippen molar-refractivity contribution in [1.82, 2.24) is 0 Å². The number of ether oxygens (including phenoxy) is 1. The van der Waals surface area contributed by atoms with Crippen molar-refractivity contribution in [2.24, 2.45) is 0 Å². The molecule has 0 atom stereocenters. The fourth-order valence-electron chi connectivity index (χ4n) is 3.31. The standard InChI is InChI=1S/C23H21NO2/c1-26-21-13-9-19(10-14-21)23(15-16-23)22(25)24-20-11-7-18(8-12-20)17-5-3-2-4-6-17/h2-14H,15-16H2,1H3,(H,24,25). The molecule has 0 heterocycles. The summed E-state index contributed by atoms with van der Waals surface area (Å²) in [6, 6.07) is 26.0. The summed E-state index contributed by atoms with van der Waals surface area (Å²) in [4.78, 5) is 12.9. The van der Waals surface area contributed by atoms with Gasteiger partial charge in [-0.25, -0.2) is 0 Å². The number of anilines is 1. The number of hydrogen-bond donors (Lipinski definition) is 1. The average molecular weight is 343 g/mol. The zero-order valence-corrected chi connectivity index (χ0v) is 14.7. The quantitative estimate of drug-likeness (QED) is 0.705. The van der Waals surface area contributed by atoms with Crippen molar-refractivity contribution in [2.45, 2.75) is 18.3 Å². The van der Waals surface area contributed by atoms with Gasteiger partial charge in [0.25, 0.3) is 0 Å². The number of carbonyl (C=O) groups is 1. The van der Waals surface area contributed by atoms with Crippen LogP contribution in [-0.4, -0.2) is 13.0 Å². The van der Waals surface area contributed by atoms with Gasteiger partial charge in [0.1, 0.15) is 5.75 Å². The monoisotopic (exact) mass is 343 g/mol. The van der Waals surface area contributed by atoms with Crippen LogP contribution in [0.3, 0.4) is 0 Å². The van der Waals surface area contributed by atoms with Crippen LogP contribution in [0, 0.1) is 0 Å². The Morgan fingerprint density at radius 1 is 0.846 bits per heavy atom. The predicted octanol–water partition coefficient (Wildman–Crippen LogP) is 5.03. The van der Waals surface area contributed by atoms with Crippen LogP contribution in [0.15, 0.2) is 78.9 Å². The normalized spacial score (nSPS) is 14.5. The maximum Gasteiger partial charge on any atom is 0.235 e. The molecule has 0 unspecified atom stereocenters. The van der Waals surface area contributed by atoms with E-state index < -0.39 is 5.41 Å². The summed E-state index contributed by atoms with van der Waals surface area (Å²) in [6.07, 6.45) is 1.76. The first kappa shape index (κ1) is 16.4. The first-order valence-electron chi connectivity index (χ1n) is 8.83. The topological polar surface area (TPSA) is 38.3 Å². The third-order valence-electron chi connectivity index (χ3n) is 5.08. The zero-order valence-electron chi connectivity index (χ0n) is 14.7. The Kier molecular flexibility index (Phi) is 4.21. The van der Waals surface area contributed by atoms with E-state index in [1.54, 1.807) is 7.11 Å². The molecule has 0 saturated heterocycles. The van der Waals surface area contributed by atoms with Gasteiger partial charge >= 0.3 is 0 Å². The molecule has 1 aliphatic carbocycles. The van der Waals surface area contributed by atoms with Crippen molar-refractivity contribution in [3.05, 3.63) is 84.4 Å². The lowest BCUT2D eigenvalue weighted by Crippen LogP contribution is -2.27.